The minimum Gasteiger partial charge on any atom is -0.350 e. The Morgan fingerprint density at radius 2 is 1.68 bits per heavy atom. The number of fused-ring (bicyclic) bond motifs is 1. The van der Waals surface area contributed by atoms with Crippen molar-refractivity contribution in [2.45, 2.75) is 19.1 Å². The molecule has 1 atom stereocenters. The van der Waals surface area contributed by atoms with Crippen molar-refractivity contribution in [2.24, 2.45) is 17.4 Å². The smallest absolute Gasteiger partial charge is 0.269 e. The van der Waals surface area contributed by atoms with E-state index in [0.717, 1.165) is 16.5 Å². The Morgan fingerprint density at radius 3 is 2.37 bits per heavy atom. The van der Waals surface area contributed by atoms with E-state index in [-0.39, 0.29) is 11.6 Å². The number of allylic oxidation sites excluding steroid dienone is 2. The zero-order valence-electron chi connectivity index (χ0n) is 20.3. The lowest BCUT2D eigenvalue weighted by Crippen LogP contribution is -2.57. The van der Waals surface area contributed by atoms with Crippen LogP contribution in [0.3, 0.4) is 0 Å². The standard InChI is InChI=1S/C29H24Cl4N4O/c1-16-6-5-13-37(29(34,35)21-12-10-18(30)14-22(21)32)27(24(16)17-7-3-2-4-8-17)25-20-11-9-19(31)15-23(20)36-26(25)28(33)38/h2-5,7-16,36H,6,34-35H2,1H3. The molecule has 1 aliphatic heterocycles. The van der Waals surface area contributed by atoms with Gasteiger partial charge in [-0.25, -0.2) is 0 Å². The van der Waals surface area contributed by atoms with Crippen molar-refractivity contribution in [1.82, 2.24) is 9.88 Å². The van der Waals surface area contributed by atoms with Gasteiger partial charge in [0.15, 0.2) is 5.79 Å². The first-order valence-corrected chi connectivity index (χ1v) is 13.4. The molecule has 0 bridgehead atoms. The van der Waals surface area contributed by atoms with Crippen LogP contribution in [0.2, 0.25) is 15.1 Å². The summed E-state index contributed by atoms with van der Waals surface area (Å²) < 4.78 is 0. The Hall–Kier alpha value is -2.77. The second-order valence-corrected chi connectivity index (χ2v) is 10.9. The lowest BCUT2D eigenvalue weighted by atomic mass is 9.87. The van der Waals surface area contributed by atoms with Crippen LogP contribution in [-0.2, 0) is 5.79 Å². The Bertz CT molecular complexity index is 1610. The summed E-state index contributed by atoms with van der Waals surface area (Å²) in [7, 11) is 0. The maximum absolute atomic E-state index is 12.8. The quantitative estimate of drug-likeness (QED) is 0.164. The van der Waals surface area contributed by atoms with Gasteiger partial charge in [0.05, 0.1) is 10.7 Å². The topological polar surface area (TPSA) is 88.1 Å². The second kappa shape index (κ2) is 10.4. The molecule has 0 spiro atoms. The van der Waals surface area contributed by atoms with Crippen molar-refractivity contribution in [3.63, 3.8) is 0 Å². The monoisotopic (exact) mass is 584 g/mol. The van der Waals surface area contributed by atoms with Gasteiger partial charge in [-0.1, -0.05) is 90.3 Å². The molecule has 194 valence electrons. The van der Waals surface area contributed by atoms with Crippen molar-refractivity contribution >= 4 is 73.8 Å². The third-order valence-corrected chi connectivity index (χ3v) is 7.74. The predicted molar refractivity (Wildman–Crippen MR) is 158 cm³/mol. The van der Waals surface area contributed by atoms with Crippen LogP contribution in [0.5, 0.6) is 0 Å². The fourth-order valence-corrected chi connectivity index (χ4v) is 5.91. The normalized spacial score (nSPS) is 16.3. The molecule has 0 saturated carbocycles. The van der Waals surface area contributed by atoms with Crippen LogP contribution in [0.15, 0.2) is 79.0 Å². The van der Waals surface area contributed by atoms with Gasteiger partial charge in [0, 0.05) is 38.3 Å². The Balaban J connectivity index is 1.92. The number of halogens is 4. The molecule has 1 aliphatic rings. The molecule has 3 aromatic carbocycles. The molecule has 0 fully saturated rings. The van der Waals surface area contributed by atoms with Gasteiger partial charge in [-0.05, 0) is 59.3 Å². The van der Waals surface area contributed by atoms with Gasteiger partial charge in [-0.15, -0.1) is 0 Å². The van der Waals surface area contributed by atoms with Gasteiger partial charge in [0.25, 0.3) is 5.24 Å². The molecule has 5 N–H and O–H groups in total. The van der Waals surface area contributed by atoms with Crippen molar-refractivity contribution in [3.05, 3.63) is 116 Å². The first kappa shape index (κ1) is 26.8. The molecule has 38 heavy (non-hydrogen) atoms. The summed E-state index contributed by atoms with van der Waals surface area (Å²) in [6.45, 7) is 2.12. The lowest BCUT2D eigenvalue weighted by molar-refractivity contribution is 0.107. The van der Waals surface area contributed by atoms with Crippen LogP contribution in [0.1, 0.15) is 40.5 Å². The van der Waals surface area contributed by atoms with E-state index < -0.39 is 11.0 Å². The van der Waals surface area contributed by atoms with Crippen LogP contribution >= 0.6 is 46.4 Å². The van der Waals surface area contributed by atoms with Gasteiger partial charge in [0.1, 0.15) is 5.69 Å². The zero-order valence-corrected chi connectivity index (χ0v) is 23.3. The number of H-pyrrole nitrogens is 1. The molecule has 5 rings (SSSR count). The SMILES string of the molecule is CC1CC=CN(C(N)(N)c2ccc(Cl)cc2Cl)C(c2c(C(=O)Cl)[nH]c3cc(Cl)ccc23)=C1c1ccccc1. The summed E-state index contributed by atoms with van der Waals surface area (Å²) >= 11 is 25.3. The largest absolute Gasteiger partial charge is 0.350 e. The Kier molecular flexibility index (Phi) is 7.35. The van der Waals surface area contributed by atoms with Crippen LogP contribution in [-0.4, -0.2) is 15.1 Å². The first-order chi connectivity index (χ1) is 18.1. The van der Waals surface area contributed by atoms with E-state index in [4.69, 9.17) is 57.9 Å². The number of nitrogens with one attached hydrogen (secondary N) is 1. The van der Waals surface area contributed by atoms with Gasteiger partial charge in [-0.2, -0.15) is 0 Å². The Morgan fingerprint density at radius 1 is 1.00 bits per heavy atom. The number of hydrogen-bond donors (Lipinski definition) is 3. The zero-order chi connectivity index (χ0) is 27.2. The average molecular weight is 586 g/mol. The second-order valence-electron chi connectivity index (χ2n) is 9.31. The lowest BCUT2D eigenvalue weighted by Gasteiger charge is -2.40. The number of aromatic amines is 1. The summed E-state index contributed by atoms with van der Waals surface area (Å²) in [5.41, 5.74) is 18.3. The van der Waals surface area contributed by atoms with Crippen molar-refractivity contribution < 1.29 is 4.79 Å². The molecule has 2 heterocycles. The van der Waals surface area contributed by atoms with Gasteiger partial charge < -0.3 is 9.88 Å². The number of benzene rings is 3. The number of nitrogens with two attached hydrogens (primary N) is 2. The molecular weight excluding hydrogens is 562 g/mol. The van der Waals surface area contributed by atoms with Crippen LogP contribution in [0.25, 0.3) is 22.2 Å². The molecule has 9 heteroatoms. The number of hydrogen-bond acceptors (Lipinski definition) is 4. The van der Waals surface area contributed by atoms with E-state index >= 15 is 0 Å². The third-order valence-electron chi connectivity index (χ3n) is 6.77. The highest BCUT2D eigenvalue weighted by atomic mass is 35.5. The molecule has 5 nitrogen and oxygen atoms in total. The third kappa shape index (κ3) is 4.75. The summed E-state index contributed by atoms with van der Waals surface area (Å²) in [4.78, 5) is 17.8. The van der Waals surface area contributed by atoms with E-state index in [1.807, 2.05) is 48.7 Å². The minimum atomic E-state index is -1.64. The molecule has 1 aromatic heterocycles. The molecule has 0 radical (unpaired) electrons. The first-order valence-electron chi connectivity index (χ1n) is 11.9. The molecule has 0 amide bonds. The van der Waals surface area contributed by atoms with Gasteiger partial charge in [-0.3, -0.25) is 16.3 Å². The molecule has 0 aliphatic carbocycles. The van der Waals surface area contributed by atoms with E-state index in [9.17, 15) is 4.79 Å². The maximum atomic E-state index is 12.8. The Labute approximate surface area is 240 Å². The average Bonchev–Trinajstić information content (AvgIpc) is 3.14. The summed E-state index contributed by atoms with van der Waals surface area (Å²) in [6, 6.07) is 20.3. The van der Waals surface area contributed by atoms with Gasteiger partial charge >= 0.3 is 0 Å². The van der Waals surface area contributed by atoms with Crippen LogP contribution in [0.4, 0.5) is 0 Å². The summed E-state index contributed by atoms with van der Waals surface area (Å²) in [6.07, 6.45) is 4.55. The van der Waals surface area contributed by atoms with E-state index in [1.165, 1.54) is 0 Å². The highest BCUT2D eigenvalue weighted by molar-refractivity contribution is 6.68. The van der Waals surface area contributed by atoms with Crippen molar-refractivity contribution in [3.8, 4) is 0 Å². The molecule has 4 aromatic rings. The highest BCUT2D eigenvalue weighted by Crippen LogP contribution is 2.46. The molecule has 0 saturated heterocycles. The van der Waals surface area contributed by atoms with Crippen molar-refractivity contribution in [2.75, 3.05) is 0 Å². The maximum Gasteiger partial charge on any atom is 0.269 e. The molecular formula is C29H24Cl4N4O. The fourth-order valence-electron chi connectivity index (χ4n) is 5.04. The van der Waals surface area contributed by atoms with E-state index in [2.05, 4.69) is 11.9 Å². The number of carbonyl (C=O) groups is 1. The van der Waals surface area contributed by atoms with E-state index in [1.54, 1.807) is 35.2 Å². The van der Waals surface area contributed by atoms with Crippen molar-refractivity contribution in [1.29, 1.82) is 0 Å². The minimum absolute atomic E-state index is 0.0284. The number of rotatable bonds is 5. The highest BCUT2D eigenvalue weighted by Gasteiger charge is 2.39. The number of aromatic nitrogens is 1. The summed E-state index contributed by atoms with van der Waals surface area (Å²) in [5.74, 6) is -1.61. The summed E-state index contributed by atoms with van der Waals surface area (Å²) in [5, 5.41) is 1.37. The van der Waals surface area contributed by atoms with Crippen LogP contribution < -0.4 is 11.5 Å². The predicted octanol–water partition coefficient (Wildman–Crippen LogP) is 7.96. The number of nitrogens with zero attached hydrogens (tertiary/aromatic N) is 1. The number of carbonyl (C=O) groups excluding carboxylic acids is 1. The fraction of sp³-hybridized carbons (Fsp3) is 0.138. The van der Waals surface area contributed by atoms with Gasteiger partial charge in [0.2, 0.25) is 0 Å². The van der Waals surface area contributed by atoms with Crippen LogP contribution in [0, 0.1) is 5.92 Å². The van der Waals surface area contributed by atoms with E-state index in [0.29, 0.717) is 43.8 Å². The molecule has 1 unspecified atom stereocenters.